The second-order valence-electron chi connectivity index (χ2n) is 9.82. The molecule has 1 heterocycles. The number of benzene rings is 4. The lowest BCUT2D eigenvalue weighted by atomic mass is 10.0. The van der Waals surface area contributed by atoms with Gasteiger partial charge < -0.3 is 14.2 Å². The molecule has 1 aliphatic heterocycles. The number of carbonyl (C=O) groups is 3. The van der Waals surface area contributed by atoms with Crippen LogP contribution in [0.1, 0.15) is 27.6 Å². The van der Waals surface area contributed by atoms with Crippen LogP contribution in [-0.2, 0) is 19.0 Å². The lowest BCUT2D eigenvalue weighted by molar-refractivity contribution is -0.141. The number of esters is 3. The van der Waals surface area contributed by atoms with Crippen molar-refractivity contribution in [1.82, 2.24) is 0 Å². The van der Waals surface area contributed by atoms with Gasteiger partial charge in [0.1, 0.15) is 19.3 Å². The van der Waals surface area contributed by atoms with E-state index in [1.54, 1.807) is 36.4 Å². The second kappa shape index (κ2) is 13.5. The molecule has 0 radical (unpaired) electrons. The van der Waals surface area contributed by atoms with E-state index < -0.39 is 40.7 Å². The average molecular weight is 585 g/mol. The highest BCUT2D eigenvalue weighted by molar-refractivity contribution is 8.01. The lowest BCUT2D eigenvalue weighted by Crippen LogP contribution is -2.37. The number of hydrogen-bond donors (Lipinski definition) is 0. The van der Waals surface area contributed by atoms with Crippen molar-refractivity contribution in [3.8, 4) is 22.3 Å². The van der Waals surface area contributed by atoms with Gasteiger partial charge in [0.15, 0.2) is 6.17 Å². The van der Waals surface area contributed by atoms with Gasteiger partial charge >= 0.3 is 17.9 Å². The molecule has 0 amide bonds. The van der Waals surface area contributed by atoms with Crippen LogP contribution in [-0.4, -0.2) is 53.9 Å². The Kier molecular flexibility index (Phi) is 9.34. The Morgan fingerprint density at radius 2 is 1.07 bits per heavy atom. The first-order valence-corrected chi connectivity index (χ1v) is 14.5. The number of carbonyl (C=O) groups excluding carboxylic acids is 3. The van der Waals surface area contributed by atoms with E-state index in [1.807, 2.05) is 72.8 Å². The quantitative estimate of drug-likeness (QED) is 0.158. The largest absolute Gasteiger partial charge is 0.465 e. The summed E-state index contributed by atoms with van der Waals surface area (Å²) < 4.78 is 31.7. The van der Waals surface area contributed by atoms with Crippen molar-refractivity contribution in [2.24, 2.45) is 0 Å². The molecule has 0 saturated carbocycles. The summed E-state index contributed by atoms with van der Waals surface area (Å²) in [7, 11) is 0. The molecule has 0 bridgehead atoms. The highest BCUT2D eigenvalue weighted by atomic mass is 32.2. The van der Waals surface area contributed by atoms with Crippen molar-refractivity contribution in [1.29, 1.82) is 0 Å². The summed E-state index contributed by atoms with van der Waals surface area (Å²) in [5, 5.41) is -1.47. The van der Waals surface area contributed by atoms with E-state index in [1.165, 1.54) is 6.92 Å². The molecule has 5 rings (SSSR count). The van der Waals surface area contributed by atoms with Gasteiger partial charge in [0.2, 0.25) is 0 Å². The van der Waals surface area contributed by atoms with Crippen LogP contribution in [0.3, 0.4) is 0 Å². The molecule has 1 unspecified atom stereocenters. The molecule has 4 aromatic rings. The summed E-state index contributed by atoms with van der Waals surface area (Å²) in [6.45, 7) is 0.865. The van der Waals surface area contributed by atoms with Gasteiger partial charge in [-0.3, -0.25) is 4.79 Å². The number of thioether (sulfide) groups is 1. The topological polar surface area (TPSA) is 78.9 Å². The van der Waals surface area contributed by atoms with E-state index in [-0.39, 0.29) is 18.8 Å². The third-order valence-corrected chi connectivity index (χ3v) is 8.41. The van der Waals surface area contributed by atoms with Crippen molar-refractivity contribution in [3.05, 3.63) is 120 Å². The number of ether oxygens (including phenoxy) is 3. The Morgan fingerprint density at radius 3 is 1.57 bits per heavy atom. The van der Waals surface area contributed by atoms with Gasteiger partial charge in [0.25, 0.3) is 0 Å². The van der Waals surface area contributed by atoms with Crippen LogP contribution in [0.15, 0.2) is 109 Å². The van der Waals surface area contributed by atoms with Crippen LogP contribution in [0.25, 0.3) is 22.3 Å². The summed E-state index contributed by atoms with van der Waals surface area (Å²) in [5.74, 6) is -1.80. The van der Waals surface area contributed by atoms with Crippen LogP contribution in [0.2, 0.25) is 0 Å². The van der Waals surface area contributed by atoms with Gasteiger partial charge in [-0.1, -0.05) is 84.9 Å². The Bertz CT molecular complexity index is 1510. The molecule has 0 N–H and O–H groups in total. The molecular weight excluding hydrogens is 555 g/mol. The molecule has 0 spiro atoms. The third kappa shape index (κ3) is 7.06. The minimum absolute atomic E-state index is 0.188. The van der Waals surface area contributed by atoms with Crippen molar-refractivity contribution in [2.45, 2.75) is 29.7 Å². The van der Waals surface area contributed by atoms with Gasteiger partial charge in [-0.2, -0.15) is 0 Å². The zero-order valence-electron chi connectivity index (χ0n) is 22.9. The summed E-state index contributed by atoms with van der Waals surface area (Å²) in [6.07, 6.45) is -2.83. The van der Waals surface area contributed by atoms with Crippen LogP contribution in [0, 0.1) is 0 Å². The first kappa shape index (κ1) is 29.1. The molecule has 0 aromatic heterocycles. The second-order valence-corrected chi connectivity index (χ2v) is 11.3. The van der Waals surface area contributed by atoms with Crippen molar-refractivity contribution in [3.63, 3.8) is 0 Å². The Hall–Kier alpha value is -4.43. The molecule has 1 saturated heterocycles. The van der Waals surface area contributed by atoms with E-state index >= 15 is 4.39 Å². The maximum Gasteiger partial charge on any atom is 0.338 e. The van der Waals surface area contributed by atoms with Gasteiger partial charge in [0, 0.05) is 6.92 Å². The third-order valence-electron chi connectivity index (χ3n) is 6.91. The molecule has 4 aromatic carbocycles. The lowest BCUT2D eigenvalue weighted by Gasteiger charge is -2.21. The number of alkyl halides is 1. The van der Waals surface area contributed by atoms with Crippen LogP contribution < -0.4 is 0 Å². The van der Waals surface area contributed by atoms with Gasteiger partial charge in [-0.25, -0.2) is 14.0 Å². The maximum atomic E-state index is 15.5. The first-order valence-electron chi connectivity index (χ1n) is 13.5. The van der Waals surface area contributed by atoms with Crippen molar-refractivity contribution >= 4 is 29.7 Å². The summed E-state index contributed by atoms with van der Waals surface area (Å²) in [6, 6.07) is 33.3. The Morgan fingerprint density at radius 1 is 0.619 bits per heavy atom. The number of rotatable bonds is 9. The highest BCUT2D eigenvalue weighted by Gasteiger charge is 2.48. The molecule has 1 fully saturated rings. The van der Waals surface area contributed by atoms with Crippen LogP contribution in [0.5, 0.6) is 0 Å². The fourth-order valence-electron chi connectivity index (χ4n) is 4.69. The Labute approximate surface area is 247 Å². The zero-order valence-corrected chi connectivity index (χ0v) is 23.7. The van der Waals surface area contributed by atoms with E-state index in [4.69, 9.17) is 14.2 Å². The standard InChI is InChI=1S/C34H29FO6S/c1-22(36)39-20-29-31(35)32(41-34(38)28-18-14-26(15-19-28)24-10-6-3-7-11-24)30(42-29)21-40-33(37)27-16-12-25(13-17-27)23-8-4-2-5-9-23/h2-19,29-32H,20-21H2,1H3/t29?,30-,31-,32-/m1/s1. The number of hydrogen-bond acceptors (Lipinski definition) is 7. The summed E-state index contributed by atoms with van der Waals surface area (Å²) in [5.41, 5.74) is 4.51. The molecule has 214 valence electrons. The average Bonchev–Trinajstić information content (AvgIpc) is 3.33. The van der Waals surface area contributed by atoms with Gasteiger partial charge in [-0.15, -0.1) is 11.8 Å². The van der Waals surface area contributed by atoms with Gasteiger partial charge in [0.05, 0.1) is 21.6 Å². The molecule has 6 nitrogen and oxygen atoms in total. The molecule has 0 aliphatic carbocycles. The highest BCUT2D eigenvalue weighted by Crippen LogP contribution is 2.39. The van der Waals surface area contributed by atoms with Crippen molar-refractivity contribution < 1.29 is 33.0 Å². The smallest absolute Gasteiger partial charge is 0.338 e. The van der Waals surface area contributed by atoms with Crippen LogP contribution in [0.4, 0.5) is 4.39 Å². The Balaban J connectivity index is 1.25. The monoisotopic (exact) mass is 584 g/mol. The maximum absolute atomic E-state index is 15.5. The minimum atomic E-state index is -1.63. The molecule has 8 heteroatoms. The van der Waals surface area contributed by atoms with E-state index in [0.29, 0.717) is 5.56 Å². The predicted molar refractivity (Wildman–Crippen MR) is 160 cm³/mol. The first-order chi connectivity index (χ1) is 20.4. The fraction of sp³-hybridized carbons (Fsp3) is 0.206. The number of halogens is 1. The molecule has 42 heavy (non-hydrogen) atoms. The van der Waals surface area contributed by atoms with E-state index in [2.05, 4.69) is 0 Å². The summed E-state index contributed by atoms with van der Waals surface area (Å²) >= 11 is 1.14. The zero-order chi connectivity index (χ0) is 29.5. The molecule has 4 atom stereocenters. The predicted octanol–water partition coefficient (Wildman–Crippen LogP) is 6.79. The van der Waals surface area contributed by atoms with Crippen molar-refractivity contribution in [2.75, 3.05) is 13.2 Å². The SMILES string of the molecule is CC(=O)OCC1S[C@H](COC(=O)c2ccc(-c3ccccc3)cc2)[C@@H](OC(=O)c2ccc(-c3ccccc3)cc2)[C@@H]1F. The summed E-state index contributed by atoms with van der Waals surface area (Å²) in [4.78, 5) is 37.2. The van der Waals surface area contributed by atoms with Crippen LogP contribution >= 0.6 is 11.8 Å². The van der Waals surface area contributed by atoms with Gasteiger partial charge in [-0.05, 0) is 46.5 Å². The minimum Gasteiger partial charge on any atom is -0.465 e. The van der Waals surface area contributed by atoms with E-state index in [9.17, 15) is 14.4 Å². The molecule has 1 aliphatic rings. The fourth-order valence-corrected chi connectivity index (χ4v) is 6.10. The van der Waals surface area contributed by atoms with E-state index in [0.717, 1.165) is 34.0 Å². The normalized spacial score (nSPS) is 19.6. The molecular formula is C34H29FO6S.